The van der Waals surface area contributed by atoms with Crippen LogP contribution in [-0.4, -0.2) is 19.0 Å². The number of nitriles is 1. The fraction of sp³-hybridized carbons (Fsp3) is 0.222. The average molecular weight is 291 g/mol. The van der Waals surface area contributed by atoms with Crippen LogP contribution in [0.25, 0.3) is 0 Å². The quantitative estimate of drug-likeness (QED) is 0.942. The molecule has 0 aromatic heterocycles. The standard InChI is InChI=1S/C18H17N3O/c19-13-14-4-3-6-16(12-14)20-10-8-18(22)21-11-9-15-5-1-2-7-17(15)21/h1-7,12,20H,8-11H2. The molecule has 2 aromatic rings. The van der Waals surface area contributed by atoms with Gasteiger partial charge in [-0.3, -0.25) is 4.79 Å². The van der Waals surface area contributed by atoms with Gasteiger partial charge in [0.1, 0.15) is 0 Å². The highest BCUT2D eigenvalue weighted by atomic mass is 16.2. The summed E-state index contributed by atoms with van der Waals surface area (Å²) in [6.07, 6.45) is 1.37. The molecule has 4 heteroatoms. The average Bonchev–Trinajstić information content (AvgIpc) is 2.99. The number of nitrogens with zero attached hydrogens (tertiary/aromatic N) is 2. The Bertz CT molecular complexity index is 733. The summed E-state index contributed by atoms with van der Waals surface area (Å²) >= 11 is 0. The molecule has 0 saturated carbocycles. The Hall–Kier alpha value is -2.80. The van der Waals surface area contributed by atoms with Gasteiger partial charge in [-0.05, 0) is 36.2 Å². The molecule has 0 aliphatic carbocycles. The van der Waals surface area contributed by atoms with Gasteiger partial charge in [-0.2, -0.15) is 5.26 Å². The number of carbonyl (C=O) groups excluding carboxylic acids is 1. The number of hydrogen-bond donors (Lipinski definition) is 1. The van der Waals surface area contributed by atoms with Gasteiger partial charge in [0, 0.05) is 30.9 Å². The van der Waals surface area contributed by atoms with Gasteiger partial charge in [0.15, 0.2) is 0 Å². The van der Waals surface area contributed by atoms with Crippen LogP contribution in [0.1, 0.15) is 17.5 Å². The number of anilines is 2. The summed E-state index contributed by atoms with van der Waals surface area (Å²) in [4.78, 5) is 14.2. The fourth-order valence-corrected chi connectivity index (χ4v) is 2.74. The zero-order valence-corrected chi connectivity index (χ0v) is 12.2. The Morgan fingerprint density at radius 2 is 2.09 bits per heavy atom. The highest BCUT2D eigenvalue weighted by molar-refractivity contribution is 5.95. The first-order valence-electron chi connectivity index (χ1n) is 7.40. The molecule has 3 rings (SSSR count). The molecule has 1 N–H and O–H groups in total. The van der Waals surface area contributed by atoms with Crippen LogP contribution in [0.3, 0.4) is 0 Å². The van der Waals surface area contributed by atoms with E-state index in [1.54, 1.807) is 12.1 Å². The van der Waals surface area contributed by atoms with Crippen molar-refractivity contribution in [3.8, 4) is 6.07 Å². The van der Waals surface area contributed by atoms with E-state index in [0.29, 0.717) is 18.5 Å². The number of nitrogens with one attached hydrogen (secondary N) is 1. The highest BCUT2D eigenvalue weighted by Crippen LogP contribution is 2.27. The molecular weight excluding hydrogens is 274 g/mol. The van der Waals surface area contributed by atoms with Crippen LogP contribution in [0.4, 0.5) is 11.4 Å². The molecule has 0 spiro atoms. The van der Waals surface area contributed by atoms with Crippen LogP contribution in [0.15, 0.2) is 48.5 Å². The maximum absolute atomic E-state index is 12.4. The summed E-state index contributed by atoms with van der Waals surface area (Å²) in [7, 11) is 0. The van der Waals surface area contributed by atoms with E-state index in [-0.39, 0.29) is 5.91 Å². The topological polar surface area (TPSA) is 56.1 Å². The smallest absolute Gasteiger partial charge is 0.228 e. The molecule has 0 fully saturated rings. The molecule has 0 radical (unpaired) electrons. The normalized spacial score (nSPS) is 12.6. The largest absolute Gasteiger partial charge is 0.384 e. The number of para-hydroxylation sites is 1. The molecule has 4 nitrogen and oxygen atoms in total. The second kappa shape index (κ2) is 6.31. The van der Waals surface area contributed by atoms with Gasteiger partial charge in [-0.1, -0.05) is 24.3 Å². The number of amides is 1. The summed E-state index contributed by atoms with van der Waals surface area (Å²) in [5.74, 6) is 0.133. The maximum atomic E-state index is 12.4. The molecule has 0 bridgehead atoms. The first-order chi connectivity index (χ1) is 10.8. The lowest BCUT2D eigenvalue weighted by Gasteiger charge is -2.17. The van der Waals surface area contributed by atoms with E-state index in [4.69, 9.17) is 5.26 Å². The van der Waals surface area contributed by atoms with Gasteiger partial charge >= 0.3 is 0 Å². The minimum atomic E-state index is 0.133. The van der Waals surface area contributed by atoms with Gasteiger partial charge in [-0.15, -0.1) is 0 Å². The lowest BCUT2D eigenvalue weighted by atomic mass is 10.2. The summed E-state index contributed by atoms with van der Waals surface area (Å²) in [6.45, 7) is 1.33. The van der Waals surface area contributed by atoms with E-state index in [0.717, 1.165) is 24.3 Å². The number of rotatable bonds is 4. The SMILES string of the molecule is N#Cc1cccc(NCCC(=O)N2CCc3ccccc32)c1. The van der Waals surface area contributed by atoms with Gasteiger partial charge in [-0.25, -0.2) is 0 Å². The molecule has 1 heterocycles. The molecule has 0 saturated heterocycles. The number of benzene rings is 2. The molecule has 1 aliphatic rings. The Morgan fingerprint density at radius 3 is 2.95 bits per heavy atom. The van der Waals surface area contributed by atoms with Crippen molar-refractivity contribution in [2.45, 2.75) is 12.8 Å². The van der Waals surface area contributed by atoms with Crippen LogP contribution in [0, 0.1) is 11.3 Å². The molecule has 2 aromatic carbocycles. The molecule has 1 amide bonds. The van der Waals surface area contributed by atoms with Crippen molar-refractivity contribution in [2.24, 2.45) is 0 Å². The van der Waals surface area contributed by atoms with Crippen LogP contribution >= 0.6 is 0 Å². The van der Waals surface area contributed by atoms with Gasteiger partial charge < -0.3 is 10.2 Å². The van der Waals surface area contributed by atoms with Crippen molar-refractivity contribution < 1.29 is 4.79 Å². The van der Waals surface area contributed by atoms with Crippen molar-refractivity contribution in [1.82, 2.24) is 0 Å². The van der Waals surface area contributed by atoms with E-state index in [1.165, 1.54) is 5.56 Å². The van der Waals surface area contributed by atoms with Gasteiger partial charge in [0.05, 0.1) is 11.6 Å². The van der Waals surface area contributed by atoms with Crippen molar-refractivity contribution >= 4 is 17.3 Å². The number of carbonyl (C=O) groups is 1. The van der Waals surface area contributed by atoms with E-state index in [9.17, 15) is 4.79 Å². The predicted octanol–water partition coefficient (Wildman–Crippen LogP) is 2.95. The minimum absolute atomic E-state index is 0.133. The zero-order valence-electron chi connectivity index (χ0n) is 12.2. The predicted molar refractivity (Wildman–Crippen MR) is 86.8 cm³/mol. The molecule has 0 unspecified atom stereocenters. The van der Waals surface area contributed by atoms with Crippen molar-refractivity contribution in [1.29, 1.82) is 5.26 Å². The maximum Gasteiger partial charge on any atom is 0.228 e. The fourth-order valence-electron chi connectivity index (χ4n) is 2.74. The first-order valence-corrected chi connectivity index (χ1v) is 7.40. The van der Waals surface area contributed by atoms with Crippen LogP contribution in [0.5, 0.6) is 0 Å². The van der Waals surface area contributed by atoms with E-state index in [1.807, 2.05) is 35.2 Å². The van der Waals surface area contributed by atoms with Crippen LogP contribution in [0.2, 0.25) is 0 Å². The second-order valence-electron chi connectivity index (χ2n) is 5.29. The molecule has 110 valence electrons. The Balaban J connectivity index is 1.56. The third-order valence-corrected chi connectivity index (χ3v) is 3.85. The lowest BCUT2D eigenvalue weighted by molar-refractivity contribution is -0.118. The third-order valence-electron chi connectivity index (χ3n) is 3.85. The summed E-state index contributed by atoms with van der Waals surface area (Å²) in [6, 6.07) is 17.4. The van der Waals surface area contributed by atoms with Crippen LogP contribution in [-0.2, 0) is 11.2 Å². The van der Waals surface area contributed by atoms with E-state index in [2.05, 4.69) is 17.5 Å². The van der Waals surface area contributed by atoms with Crippen molar-refractivity contribution in [2.75, 3.05) is 23.3 Å². The third kappa shape index (κ3) is 2.94. The summed E-state index contributed by atoms with van der Waals surface area (Å²) in [5, 5.41) is 12.1. The highest BCUT2D eigenvalue weighted by Gasteiger charge is 2.23. The second-order valence-corrected chi connectivity index (χ2v) is 5.29. The summed E-state index contributed by atoms with van der Waals surface area (Å²) < 4.78 is 0. The summed E-state index contributed by atoms with van der Waals surface area (Å²) in [5.41, 5.74) is 3.77. The first kappa shape index (κ1) is 14.2. The van der Waals surface area contributed by atoms with Gasteiger partial charge in [0.25, 0.3) is 0 Å². The minimum Gasteiger partial charge on any atom is -0.384 e. The molecule has 1 aliphatic heterocycles. The van der Waals surface area contributed by atoms with E-state index >= 15 is 0 Å². The Labute approximate surface area is 130 Å². The molecular formula is C18H17N3O. The zero-order chi connectivity index (χ0) is 15.4. The number of fused-ring (bicyclic) bond motifs is 1. The Kier molecular flexibility index (Phi) is 4.06. The number of hydrogen-bond acceptors (Lipinski definition) is 3. The van der Waals surface area contributed by atoms with Crippen LogP contribution < -0.4 is 10.2 Å². The lowest BCUT2D eigenvalue weighted by Crippen LogP contribution is -2.30. The molecule has 0 atom stereocenters. The van der Waals surface area contributed by atoms with Gasteiger partial charge in [0.2, 0.25) is 5.91 Å². The Morgan fingerprint density at radius 1 is 1.23 bits per heavy atom. The van der Waals surface area contributed by atoms with Crippen molar-refractivity contribution in [3.63, 3.8) is 0 Å². The monoisotopic (exact) mass is 291 g/mol. The molecule has 22 heavy (non-hydrogen) atoms. The van der Waals surface area contributed by atoms with Crippen molar-refractivity contribution in [3.05, 3.63) is 59.7 Å². The van der Waals surface area contributed by atoms with E-state index < -0.39 is 0 Å².